The zero-order valence-electron chi connectivity index (χ0n) is 15.3. The van der Waals surface area contributed by atoms with Gasteiger partial charge in [-0.2, -0.15) is 0 Å². The van der Waals surface area contributed by atoms with Gasteiger partial charge in [-0.05, 0) is 0 Å². The molecular weight excluding hydrogens is 318 g/mol. The van der Waals surface area contributed by atoms with Crippen LogP contribution in [-0.2, 0) is 13.4 Å². The molecule has 0 aliphatic rings. The van der Waals surface area contributed by atoms with E-state index in [0.717, 1.165) is 57.0 Å². The fraction of sp³-hybridized carbons (Fsp3) is 1.00. The number of phosphoric ester groups is 1. The zero-order chi connectivity index (χ0) is 17.1. The van der Waals surface area contributed by atoms with Crippen molar-refractivity contribution in [2.45, 2.75) is 72.6 Å². The van der Waals surface area contributed by atoms with Gasteiger partial charge in [-0.15, -0.1) is 0 Å². The summed E-state index contributed by atoms with van der Waals surface area (Å²) in [6, 6.07) is 0. The minimum absolute atomic E-state index is 0.273. The number of hydrogen-bond acceptors (Lipinski definition) is 3. The third-order valence-corrected chi connectivity index (χ3v) is 12.4. The number of hydrogen-bond donors (Lipinski definition) is 1. The summed E-state index contributed by atoms with van der Waals surface area (Å²) in [7, 11) is -3.96. The molecule has 0 saturated carbocycles. The molecule has 0 aliphatic carbocycles. The quantitative estimate of drug-likeness (QED) is 0.386. The summed E-state index contributed by atoms with van der Waals surface area (Å²) >= 11 is 0. The maximum atomic E-state index is 12.4. The topological polar surface area (TPSA) is 55.8 Å². The van der Waals surface area contributed by atoms with E-state index in [2.05, 4.69) is 27.4 Å². The van der Waals surface area contributed by atoms with Crippen LogP contribution in [0.1, 0.15) is 72.6 Å². The Morgan fingerprint density at radius 2 is 1.27 bits per heavy atom. The van der Waals surface area contributed by atoms with Crippen molar-refractivity contribution in [1.29, 1.82) is 0 Å². The monoisotopic (exact) mass is 356 g/mol. The van der Waals surface area contributed by atoms with Gasteiger partial charge < -0.3 is 0 Å². The summed E-state index contributed by atoms with van der Waals surface area (Å²) in [5, 5.41) is 0. The second kappa shape index (κ2) is 10.4. The first-order chi connectivity index (χ1) is 10.2. The molecule has 0 radical (unpaired) electrons. The van der Waals surface area contributed by atoms with Crippen LogP contribution in [0.25, 0.3) is 0 Å². The Balaban J connectivity index is 5.34. The van der Waals surface area contributed by atoms with Crippen LogP contribution in [0.2, 0.25) is 0 Å². The summed E-state index contributed by atoms with van der Waals surface area (Å²) in [4.78, 5) is 10.2. The van der Waals surface area contributed by atoms with Gasteiger partial charge in [-0.25, -0.2) is 0 Å². The molecule has 0 aromatic carbocycles. The summed E-state index contributed by atoms with van der Waals surface area (Å²) in [6.45, 7) is 8.18. The normalized spacial score (nSPS) is 16.9. The Morgan fingerprint density at radius 3 is 1.59 bits per heavy atom. The maximum absolute atomic E-state index is 12.4. The van der Waals surface area contributed by atoms with Crippen LogP contribution in [0.3, 0.4) is 0 Å². The first-order valence-electron chi connectivity index (χ1n) is 8.94. The summed E-state index contributed by atoms with van der Waals surface area (Å²) < 4.78 is 23.6. The van der Waals surface area contributed by atoms with E-state index in [1.54, 1.807) is 0 Å². The molecule has 22 heavy (non-hydrogen) atoms. The molecule has 1 unspecified atom stereocenters. The first kappa shape index (κ1) is 22.5. The number of unbranched alkanes of at least 4 members (excludes halogenated alkanes) is 3. The Bertz CT molecular complexity index is 323. The molecule has 0 bridgehead atoms. The first-order valence-corrected chi connectivity index (χ1v) is 13.6. The molecule has 0 aromatic heterocycles. The van der Waals surface area contributed by atoms with Gasteiger partial charge in [0.05, 0.1) is 0 Å². The van der Waals surface area contributed by atoms with Crippen molar-refractivity contribution in [2.24, 2.45) is 0 Å². The SMILES string of the molecule is CCCCP(C)(CCCC)(CCCC)OP(=O)(O)OCCC. The van der Waals surface area contributed by atoms with Gasteiger partial charge in [0.1, 0.15) is 0 Å². The van der Waals surface area contributed by atoms with Crippen LogP contribution in [-0.4, -0.2) is 36.7 Å². The van der Waals surface area contributed by atoms with E-state index in [4.69, 9.17) is 8.83 Å². The molecule has 0 amide bonds. The number of phosphoric acid groups is 1. The van der Waals surface area contributed by atoms with E-state index in [0.29, 0.717) is 6.42 Å². The van der Waals surface area contributed by atoms with Crippen molar-refractivity contribution in [3.8, 4) is 0 Å². The molecule has 0 aromatic rings. The van der Waals surface area contributed by atoms with Crippen LogP contribution in [0.4, 0.5) is 0 Å². The van der Waals surface area contributed by atoms with Crippen LogP contribution in [0.5, 0.6) is 0 Å². The molecule has 136 valence electrons. The van der Waals surface area contributed by atoms with Gasteiger partial charge in [-0.3, -0.25) is 0 Å². The van der Waals surface area contributed by atoms with E-state index in [1.807, 2.05) is 6.92 Å². The van der Waals surface area contributed by atoms with Crippen molar-refractivity contribution >= 4 is 14.7 Å². The molecule has 0 saturated heterocycles. The third-order valence-electron chi connectivity index (χ3n) is 4.24. The van der Waals surface area contributed by atoms with Gasteiger partial charge in [0.15, 0.2) is 0 Å². The third kappa shape index (κ3) is 8.41. The van der Waals surface area contributed by atoms with Crippen LogP contribution < -0.4 is 0 Å². The predicted octanol–water partition coefficient (Wildman–Crippen LogP) is 6.03. The molecule has 4 nitrogen and oxygen atoms in total. The Morgan fingerprint density at radius 1 is 0.864 bits per heavy atom. The average molecular weight is 356 g/mol. The molecule has 1 atom stereocenters. The van der Waals surface area contributed by atoms with Crippen LogP contribution in [0, 0.1) is 0 Å². The van der Waals surface area contributed by atoms with Crippen LogP contribution in [0.15, 0.2) is 0 Å². The van der Waals surface area contributed by atoms with Crippen molar-refractivity contribution in [2.75, 3.05) is 31.8 Å². The van der Waals surface area contributed by atoms with Gasteiger partial charge in [-0.1, -0.05) is 0 Å². The van der Waals surface area contributed by atoms with Gasteiger partial charge in [0.2, 0.25) is 0 Å². The molecule has 0 fully saturated rings. The predicted molar refractivity (Wildman–Crippen MR) is 99.3 cm³/mol. The van der Waals surface area contributed by atoms with E-state index in [1.165, 1.54) is 0 Å². The molecular formula is C16H38O4P2. The van der Waals surface area contributed by atoms with E-state index >= 15 is 0 Å². The van der Waals surface area contributed by atoms with Gasteiger partial charge in [0, 0.05) is 0 Å². The van der Waals surface area contributed by atoms with Crippen molar-refractivity contribution in [3.05, 3.63) is 0 Å². The second-order valence-electron chi connectivity index (χ2n) is 6.80. The number of rotatable bonds is 14. The summed E-state index contributed by atoms with van der Waals surface area (Å²) in [5.41, 5.74) is 0. The van der Waals surface area contributed by atoms with E-state index < -0.39 is 14.7 Å². The fourth-order valence-electron chi connectivity index (χ4n) is 2.82. The molecule has 6 heteroatoms. The van der Waals surface area contributed by atoms with E-state index in [-0.39, 0.29) is 6.61 Å². The van der Waals surface area contributed by atoms with Crippen molar-refractivity contribution in [1.82, 2.24) is 0 Å². The van der Waals surface area contributed by atoms with Crippen molar-refractivity contribution in [3.63, 3.8) is 0 Å². The molecule has 0 heterocycles. The Kier molecular flexibility index (Phi) is 10.7. The summed E-state index contributed by atoms with van der Waals surface area (Å²) in [6.07, 6.45) is 9.91. The molecule has 0 spiro atoms. The Hall–Kier alpha value is 0.540. The van der Waals surface area contributed by atoms with E-state index in [9.17, 15) is 9.46 Å². The molecule has 1 N–H and O–H groups in total. The summed E-state index contributed by atoms with van der Waals surface area (Å²) in [5.74, 6) is 0. The fourth-order valence-corrected chi connectivity index (χ4v) is 11.3. The van der Waals surface area contributed by atoms with Gasteiger partial charge in [0.25, 0.3) is 0 Å². The standard InChI is InChI=1S/C16H38O4P2/c1-6-10-14-22(5,15-11-7-2,16-12-8-3)20-21(17,18)19-13-9-4/h6-16H2,1-5H3,(H,17,18). The average Bonchev–Trinajstić information content (AvgIpc) is 2.47. The minimum atomic E-state index is -3.96. The molecule has 0 rings (SSSR count). The zero-order valence-corrected chi connectivity index (χ0v) is 17.1. The van der Waals surface area contributed by atoms with Gasteiger partial charge >= 0.3 is 137 Å². The van der Waals surface area contributed by atoms with Crippen molar-refractivity contribution < 1.29 is 18.3 Å². The van der Waals surface area contributed by atoms with Crippen LogP contribution >= 0.6 is 14.7 Å². The molecule has 0 aliphatic heterocycles. The Labute approximate surface area is 138 Å². The second-order valence-corrected chi connectivity index (χ2v) is 14.4.